The van der Waals surface area contributed by atoms with E-state index in [9.17, 15) is 18.3 Å². The average molecular weight is 526 g/mol. The molecule has 36 heavy (non-hydrogen) atoms. The molecule has 4 rings (SSSR count). The van der Waals surface area contributed by atoms with Crippen LogP contribution in [0.1, 0.15) is 16.0 Å². The summed E-state index contributed by atoms with van der Waals surface area (Å²) in [5.41, 5.74) is 4.82. The highest BCUT2D eigenvalue weighted by atomic mass is 32.2. The van der Waals surface area contributed by atoms with E-state index in [1.165, 1.54) is 36.7 Å². The molecule has 2 heterocycles. The lowest BCUT2D eigenvalue weighted by Crippen LogP contribution is -2.17. The third kappa shape index (κ3) is 6.19. The number of nitrogens with zero attached hydrogens (tertiary/aromatic N) is 1. The molecule has 0 unspecified atom stereocenters. The van der Waals surface area contributed by atoms with Gasteiger partial charge in [-0.25, -0.2) is 8.42 Å². The molecule has 0 aliphatic carbocycles. The van der Waals surface area contributed by atoms with E-state index in [-0.39, 0.29) is 33.8 Å². The van der Waals surface area contributed by atoms with E-state index in [0.717, 1.165) is 16.9 Å². The van der Waals surface area contributed by atoms with Crippen LogP contribution in [0.4, 0.5) is 0 Å². The van der Waals surface area contributed by atoms with Crippen molar-refractivity contribution in [2.75, 3.05) is 13.2 Å². The maximum absolute atomic E-state index is 12.7. The fraction of sp³-hybridized carbons (Fsp3) is 0.120. The van der Waals surface area contributed by atoms with Crippen LogP contribution in [-0.2, 0) is 21.1 Å². The van der Waals surface area contributed by atoms with Crippen molar-refractivity contribution in [3.63, 3.8) is 0 Å². The first-order valence-corrected chi connectivity index (χ1v) is 13.1. The number of hydrogen-bond acceptors (Lipinski definition) is 9. The first-order valence-electron chi connectivity index (χ1n) is 10.8. The number of benzene rings is 2. The summed E-state index contributed by atoms with van der Waals surface area (Å²) in [4.78, 5) is 23.5. The molecule has 0 spiro atoms. The normalized spacial score (nSPS) is 11.2. The molecule has 0 saturated carbocycles. The number of H-pyrrole nitrogens is 1. The summed E-state index contributed by atoms with van der Waals surface area (Å²) in [5, 5.41) is 9.69. The van der Waals surface area contributed by atoms with Gasteiger partial charge in [0.15, 0.2) is 0 Å². The summed E-state index contributed by atoms with van der Waals surface area (Å²) >= 11 is 0.982. The number of aromatic nitrogens is 2. The molecule has 4 aromatic rings. The molecule has 0 fully saturated rings. The van der Waals surface area contributed by atoms with Crippen LogP contribution in [0.3, 0.4) is 0 Å². The molecule has 3 N–H and O–H groups in total. The minimum Gasteiger partial charge on any atom is -0.494 e. The molecule has 2 aromatic heterocycles. The van der Waals surface area contributed by atoms with E-state index >= 15 is 0 Å². The van der Waals surface area contributed by atoms with Crippen molar-refractivity contribution in [2.24, 2.45) is 0 Å². The molecular formula is C25H23N3O6S2. The van der Waals surface area contributed by atoms with Gasteiger partial charge in [-0.15, -0.1) is 0 Å². The molecule has 2 aromatic carbocycles. The monoisotopic (exact) mass is 525 g/mol. The maximum atomic E-state index is 12.7. The lowest BCUT2D eigenvalue weighted by Gasteiger charge is -2.12. The van der Waals surface area contributed by atoms with Gasteiger partial charge in [0.2, 0.25) is 15.7 Å². The van der Waals surface area contributed by atoms with E-state index in [0.29, 0.717) is 28.3 Å². The topological polar surface area (TPSA) is 131 Å². The minimum absolute atomic E-state index is 0.0949. The van der Waals surface area contributed by atoms with Gasteiger partial charge in [0.1, 0.15) is 19.0 Å². The first kappa shape index (κ1) is 25.2. The van der Waals surface area contributed by atoms with Crippen molar-refractivity contribution in [1.82, 2.24) is 15.4 Å². The summed E-state index contributed by atoms with van der Waals surface area (Å²) in [7, 11) is -3.61. The van der Waals surface area contributed by atoms with Crippen LogP contribution in [-0.4, -0.2) is 36.7 Å². The number of nitrogens with one attached hydrogen (secondary N) is 2. The summed E-state index contributed by atoms with van der Waals surface area (Å²) < 4.78 is 31.0. The second kappa shape index (κ2) is 11.2. The summed E-state index contributed by atoms with van der Waals surface area (Å²) in [6, 6.07) is 16.6. The Labute approximate surface area is 211 Å². The van der Waals surface area contributed by atoms with Gasteiger partial charge in [-0.2, -0.15) is 0 Å². The average Bonchev–Trinajstić information content (AvgIpc) is 3.21. The van der Waals surface area contributed by atoms with Crippen molar-refractivity contribution in [1.29, 1.82) is 0 Å². The van der Waals surface area contributed by atoms with Crippen molar-refractivity contribution in [3.8, 4) is 11.6 Å². The Balaban J connectivity index is 1.21. The quantitative estimate of drug-likeness (QED) is 0.200. The van der Waals surface area contributed by atoms with Crippen LogP contribution in [0.2, 0.25) is 0 Å². The molecule has 0 aliphatic rings. The molecule has 0 atom stereocenters. The predicted molar refractivity (Wildman–Crippen MR) is 136 cm³/mol. The van der Waals surface area contributed by atoms with Gasteiger partial charge in [-0.05, 0) is 47.5 Å². The number of pyridine rings is 1. The van der Waals surface area contributed by atoms with E-state index < -0.39 is 9.84 Å². The number of thiazole rings is 1. The number of rotatable bonds is 11. The number of hydrogen-bond donors (Lipinski definition) is 3. The van der Waals surface area contributed by atoms with Crippen LogP contribution in [0, 0.1) is 0 Å². The van der Waals surface area contributed by atoms with E-state index in [2.05, 4.69) is 22.0 Å². The van der Waals surface area contributed by atoms with Crippen LogP contribution in [0.25, 0.3) is 5.70 Å². The van der Waals surface area contributed by atoms with Crippen LogP contribution < -0.4 is 15.1 Å². The lowest BCUT2D eigenvalue weighted by atomic mass is 10.1. The second-order valence-electron chi connectivity index (χ2n) is 7.60. The molecular weight excluding hydrogens is 502 g/mol. The van der Waals surface area contributed by atoms with Crippen LogP contribution in [0.5, 0.6) is 11.6 Å². The third-order valence-electron chi connectivity index (χ3n) is 5.11. The third-order valence-corrected chi connectivity index (χ3v) is 7.77. The Bertz CT molecular complexity index is 1480. The second-order valence-corrected chi connectivity index (χ2v) is 10.6. The Morgan fingerprint density at radius 1 is 1.00 bits per heavy atom. The maximum Gasteiger partial charge on any atom is 0.307 e. The number of aromatic amines is 1. The van der Waals surface area contributed by atoms with Gasteiger partial charge in [0, 0.05) is 18.8 Å². The fourth-order valence-electron chi connectivity index (χ4n) is 3.25. The standard InChI is InChI=1S/C25H23N3O6S2/c1-17(19-4-8-21(9-5-19)36(31,32)22-10-12-26-13-11-22)28-34-15-14-33-20-6-2-18(3-7-20)16-23-24(29)27-25(30)35-23/h2-13,28-29H,1,14-16H2,(H,27,30). The number of aromatic hydroxyl groups is 1. The van der Waals surface area contributed by atoms with E-state index in [4.69, 9.17) is 9.57 Å². The molecule has 11 heteroatoms. The van der Waals surface area contributed by atoms with Crippen LogP contribution in [0.15, 0.2) is 94.2 Å². The minimum atomic E-state index is -3.61. The molecule has 0 radical (unpaired) electrons. The summed E-state index contributed by atoms with van der Waals surface area (Å²) in [5.74, 6) is 0.557. The van der Waals surface area contributed by atoms with Crippen molar-refractivity contribution in [2.45, 2.75) is 16.2 Å². The van der Waals surface area contributed by atoms with Crippen molar-refractivity contribution >= 4 is 26.9 Å². The highest BCUT2D eigenvalue weighted by Crippen LogP contribution is 2.23. The number of sulfone groups is 1. The predicted octanol–water partition coefficient (Wildman–Crippen LogP) is 3.53. The van der Waals surface area contributed by atoms with Gasteiger partial charge in [0.05, 0.1) is 20.4 Å². The van der Waals surface area contributed by atoms with Crippen LogP contribution >= 0.6 is 11.3 Å². The number of hydroxylamine groups is 1. The molecule has 0 amide bonds. The summed E-state index contributed by atoms with van der Waals surface area (Å²) in [6.07, 6.45) is 3.32. The van der Waals surface area contributed by atoms with Crippen molar-refractivity contribution < 1.29 is 23.1 Å². The Hall–Kier alpha value is -3.93. The highest BCUT2D eigenvalue weighted by molar-refractivity contribution is 7.91. The molecule has 0 aliphatic heterocycles. The molecule has 186 valence electrons. The molecule has 0 bridgehead atoms. The largest absolute Gasteiger partial charge is 0.494 e. The zero-order valence-corrected chi connectivity index (χ0v) is 20.6. The highest BCUT2D eigenvalue weighted by Gasteiger charge is 2.17. The molecule has 9 nitrogen and oxygen atoms in total. The fourth-order valence-corrected chi connectivity index (χ4v) is 5.25. The smallest absolute Gasteiger partial charge is 0.307 e. The SMILES string of the molecule is C=C(NOCCOc1ccc(Cc2sc(=O)[nH]c2O)cc1)c1ccc(S(=O)(=O)c2ccncc2)cc1. The van der Waals surface area contributed by atoms with Crippen molar-refractivity contribution in [3.05, 3.63) is 105 Å². The Kier molecular flexibility index (Phi) is 7.84. The van der Waals surface area contributed by atoms with E-state index in [1.807, 2.05) is 12.1 Å². The Morgan fingerprint density at radius 2 is 1.67 bits per heavy atom. The first-order chi connectivity index (χ1) is 17.3. The van der Waals surface area contributed by atoms with Gasteiger partial charge >= 0.3 is 4.87 Å². The Morgan fingerprint density at radius 3 is 2.31 bits per heavy atom. The lowest BCUT2D eigenvalue weighted by molar-refractivity contribution is 0.0541. The van der Waals surface area contributed by atoms with Gasteiger partial charge < -0.3 is 9.84 Å². The van der Waals surface area contributed by atoms with Gasteiger partial charge in [0.25, 0.3) is 0 Å². The van der Waals surface area contributed by atoms with Gasteiger partial charge in [-0.1, -0.05) is 42.2 Å². The molecule has 0 saturated heterocycles. The van der Waals surface area contributed by atoms with Gasteiger partial charge in [-0.3, -0.25) is 25.1 Å². The summed E-state index contributed by atoms with van der Waals surface area (Å²) in [6.45, 7) is 4.43. The zero-order chi connectivity index (χ0) is 25.5. The zero-order valence-electron chi connectivity index (χ0n) is 19.0. The van der Waals surface area contributed by atoms with E-state index in [1.54, 1.807) is 24.3 Å². The number of ether oxygens (including phenoxy) is 1.